The Hall–Kier alpha value is -0.860. The van der Waals surface area contributed by atoms with Gasteiger partial charge in [0.1, 0.15) is 0 Å². The number of rotatable bonds is 5. The summed E-state index contributed by atoms with van der Waals surface area (Å²) in [6, 6.07) is 11.0. The van der Waals surface area contributed by atoms with E-state index in [-0.39, 0.29) is 6.61 Å². The Bertz CT molecular complexity index is 223. The number of benzene rings is 1. The van der Waals surface area contributed by atoms with Crippen molar-refractivity contribution >= 4 is 0 Å². The molecule has 0 aliphatic rings. The van der Waals surface area contributed by atoms with E-state index in [9.17, 15) is 0 Å². The molecule has 1 aromatic carbocycles. The quantitative estimate of drug-likeness (QED) is 0.725. The molecule has 1 radical (unpaired) electrons. The van der Waals surface area contributed by atoms with E-state index in [0.717, 1.165) is 19.5 Å². The van der Waals surface area contributed by atoms with Crippen LogP contribution in [0.3, 0.4) is 0 Å². The maximum atomic E-state index is 8.69. The molecule has 0 aliphatic carbocycles. The fourth-order valence-electron chi connectivity index (χ4n) is 1.19. The van der Waals surface area contributed by atoms with Gasteiger partial charge in [-0.05, 0) is 25.1 Å². The number of nitrogens with zero attached hydrogens (tertiary/aromatic N) is 1. The van der Waals surface area contributed by atoms with Gasteiger partial charge in [0.25, 0.3) is 0 Å². The van der Waals surface area contributed by atoms with Crippen LogP contribution in [0.25, 0.3) is 0 Å². The zero-order chi connectivity index (χ0) is 9.52. The summed E-state index contributed by atoms with van der Waals surface area (Å²) in [6.45, 7) is 1.97. The molecule has 2 heteroatoms. The average Bonchev–Trinajstić information content (AvgIpc) is 2.17. The van der Waals surface area contributed by atoms with E-state index >= 15 is 0 Å². The first-order chi connectivity index (χ1) is 6.33. The van der Waals surface area contributed by atoms with E-state index in [0.29, 0.717) is 0 Å². The van der Waals surface area contributed by atoms with Gasteiger partial charge in [-0.1, -0.05) is 24.3 Å². The van der Waals surface area contributed by atoms with Crippen molar-refractivity contribution in [1.29, 1.82) is 0 Å². The lowest BCUT2D eigenvalue weighted by Gasteiger charge is -2.14. The van der Waals surface area contributed by atoms with Gasteiger partial charge < -0.3 is 10.0 Å². The van der Waals surface area contributed by atoms with Crippen molar-refractivity contribution in [3.63, 3.8) is 0 Å². The van der Waals surface area contributed by atoms with Crippen LogP contribution in [0, 0.1) is 6.07 Å². The fraction of sp³-hybridized carbons (Fsp3) is 0.455. The van der Waals surface area contributed by atoms with Gasteiger partial charge in [0, 0.05) is 13.1 Å². The fourth-order valence-corrected chi connectivity index (χ4v) is 1.19. The second kappa shape index (κ2) is 5.73. The maximum Gasteiger partial charge on any atom is 0.0558 e. The zero-order valence-electron chi connectivity index (χ0n) is 8.03. The lowest BCUT2D eigenvalue weighted by molar-refractivity contribution is 0.223. The number of likely N-dealkylation sites (N-methyl/N-ethyl adjacent to an activating group) is 1. The molecule has 2 nitrogen and oxygen atoms in total. The predicted octanol–water partition coefficient (Wildman–Crippen LogP) is 0.953. The molecule has 0 bridgehead atoms. The first-order valence-corrected chi connectivity index (χ1v) is 4.57. The van der Waals surface area contributed by atoms with Gasteiger partial charge in [0.2, 0.25) is 0 Å². The van der Waals surface area contributed by atoms with E-state index in [1.54, 1.807) is 0 Å². The van der Waals surface area contributed by atoms with Crippen LogP contribution in [0.5, 0.6) is 0 Å². The van der Waals surface area contributed by atoms with Gasteiger partial charge >= 0.3 is 0 Å². The summed E-state index contributed by atoms with van der Waals surface area (Å²) < 4.78 is 0. The van der Waals surface area contributed by atoms with Gasteiger partial charge in [-0.3, -0.25) is 0 Å². The Balaban J connectivity index is 2.27. The topological polar surface area (TPSA) is 23.5 Å². The number of hydrogen-bond donors (Lipinski definition) is 1. The van der Waals surface area contributed by atoms with Gasteiger partial charge in [0.15, 0.2) is 0 Å². The van der Waals surface area contributed by atoms with Crippen molar-refractivity contribution in [3.8, 4) is 0 Å². The standard InChI is InChI=1S/C11H16NO/c1-12(9-10-13)8-7-11-5-3-2-4-6-11/h3-6,13H,7-10H2,1H3. The second-order valence-corrected chi connectivity index (χ2v) is 3.19. The number of hydrogen-bond acceptors (Lipinski definition) is 2. The Kier molecular flexibility index (Phi) is 4.50. The molecule has 0 aromatic heterocycles. The highest BCUT2D eigenvalue weighted by Gasteiger charge is 1.97. The molecular weight excluding hydrogens is 162 g/mol. The molecule has 1 aromatic rings. The summed E-state index contributed by atoms with van der Waals surface area (Å²) >= 11 is 0. The second-order valence-electron chi connectivity index (χ2n) is 3.19. The van der Waals surface area contributed by atoms with Crippen LogP contribution < -0.4 is 0 Å². The van der Waals surface area contributed by atoms with Gasteiger partial charge in [-0.25, -0.2) is 0 Å². The Morgan fingerprint density at radius 2 is 2.00 bits per heavy atom. The molecule has 0 atom stereocenters. The van der Waals surface area contributed by atoms with Crippen LogP contribution >= 0.6 is 0 Å². The molecule has 0 spiro atoms. The van der Waals surface area contributed by atoms with E-state index < -0.39 is 0 Å². The minimum atomic E-state index is 0.235. The number of aliphatic hydroxyl groups excluding tert-OH is 1. The molecule has 0 saturated carbocycles. The average molecular weight is 178 g/mol. The summed E-state index contributed by atoms with van der Waals surface area (Å²) in [7, 11) is 2.02. The normalized spacial score (nSPS) is 10.7. The summed E-state index contributed by atoms with van der Waals surface area (Å²) in [5.41, 5.74) is 1.32. The van der Waals surface area contributed by atoms with Crippen LogP contribution in [-0.4, -0.2) is 36.8 Å². The van der Waals surface area contributed by atoms with Gasteiger partial charge in [-0.2, -0.15) is 0 Å². The van der Waals surface area contributed by atoms with Gasteiger partial charge in [-0.15, -0.1) is 0 Å². The molecule has 0 saturated heterocycles. The molecule has 0 fully saturated rings. The summed E-state index contributed by atoms with van der Waals surface area (Å²) in [5.74, 6) is 0. The summed E-state index contributed by atoms with van der Waals surface area (Å²) in [5, 5.41) is 8.69. The maximum absolute atomic E-state index is 8.69. The minimum Gasteiger partial charge on any atom is -0.395 e. The van der Waals surface area contributed by atoms with Crippen molar-refractivity contribution in [2.45, 2.75) is 6.42 Å². The van der Waals surface area contributed by atoms with Crippen LogP contribution in [0.2, 0.25) is 0 Å². The first-order valence-electron chi connectivity index (χ1n) is 4.57. The molecule has 0 amide bonds. The molecule has 0 aliphatic heterocycles. The van der Waals surface area contributed by atoms with E-state index in [1.807, 2.05) is 19.2 Å². The first kappa shape index (κ1) is 10.2. The summed E-state index contributed by atoms with van der Waals surface area (Å²) in [6.07, 6.45) is 1.03. The molecule has 1 rings (SSSR count). The Morgan fingerprint density at radius 3 is 2.62 bits per heavy atom. The van der Waals surface area contributed by atoms with Crippen LogP contribution in [0.15, 0.2) is 24.3 Å². The van der Waals surface area contributed by atoms with Gasteiger partial charge in [0.05, 0.1) is 6.61 Å². The third-order valence-corrected chi connectivity index (χ3v) is 2.05. The lowest BCUT2D eigenvalue weighted by atomic mass is 10.1. The Labute approximate surface area is 79.8 Å². The number of aliphatic hydroxyl groups is 1. The largest absolute Gasteiger partial charge is 0.395 e. The van der Waals surface area contributed by atoms with E-state index in [1.165, 1.54) is 5.56 Å². The van der Waals surface area contributed by atoms with Crippen molar-refractivity contribution < 1.29 is 5.11 Å². The Morgan fingerprint density at radius 1 is 1.31 bits per heavy atom. The molecule has 0 heterocycles. The third-order valence-electron chi connectivity index (χ3n) is 2.05. The summed E-state index contributed by atoms with van der Waals surface area (Å²) in [4.78, 5) is 2.12. The highest BCUT2D eigenvalue weighted by Crippen LogP contribution is 1.99. The van der Waals surface area contributed by atoms with E-state index in [4.69, 9.17) is 5.11 Å². The van der Waals surface area contributed by atoms with Crippen molar-refractivity contribution in [2.75, 3.05) is 26.7 Å². The van der Waals surface area contributed by atoms with Crippen molar-refractivity contribution in [3.05, 3.63) is 35.9 Å². The zero-order valence-corrected chi connectivity index (χ0v) is 8.03. The van der Waals surface area contributed by atoms with Crippen LogP contribution in [-0.2, 0) is 6.42 Å². The molecular formula is C11H16NO. The third kappa shape index (κ3) is 4.06. The van der Waals surface area contributed by atoms with Crippen LogP contribution in [0.4, 0.5) is 0 Å². The molecule has 1 N–H and O–H groups in total. The van der Waals surface area contributed by atoms with Crippen LogP contribution in [0.1, 0.15) is 5.56 Å². The van der Waals surface area contributed by atoms with Crippen molar-refractivity contribution in [1.82, 2.24) is 4.90 Å². The molecule has 71 valence electrons. The molecule has 0 unspecified atom stereocenters. The minimum absolute atomic E-state index is 0.235. The highest BCUT2D eigenvalue weighted by molar-refractivity contribution is 5.13. The lowest BCUT2D eigenvalue weighted by Crippen LogP contribution is -2.24. The van der Waals surface area contributed by atoms with E-state index in [2.05, 4.69) is 23.1 Å². The smallest absolute Gasteiger partial charge is 0.0558 e. The van der Waals surface area contributed by atoms with Crippen molar-refractivity contribution in [2.24, 2.45) is 0 Å². The highest BCUT2D eigenvalue weighted by atomic mass is 16.3. The SMILES string of the molecule is CN(CCO)CCc1cc[c]cc1. The monoisotopic (exact) mass is 178 g/mol. The predicted molar refractivity (Wildman–Crippen MR) is 53.6 cm³/mol. The molecule has 13 heavy (non-hydrogen) atoms.